The summed E-state index contributed by atoms with van der Waals surface area (Å²) in [6, 6.07) is 10.2. The minimum absolute atomic E-state index is 0.248. The summed E-state index contributed by atoms with van der Waals surface area (Å²) in [5, 5.41) is 11.6. The third-order valence-electron chi connectivity index (χ3n) is 3.17. The number of hydrogen-bond acceptors (Lipinski definition) is 1. The number of carboxylic acid groups (broad SMARTS) is 1. The number of aromatic amines is 1. The van der Waals surface area contributed by atoms with Gasteiger partial charge in [0.15, 0.2) is 0 Å². The van der Waals surface area contributed by atoms with Gasteiger partial charge < -0.3 is 10.1 Å². The number of nitrogens with one attached hydrogen (secondary N) is 1. The van der Waals surface area contributed by atoms with Crippen LogP contribution in [0.1, 0.15) is 22.4 Å². The summed E-state index contributed by atoms with van der Waals surface area (Å²) in [6.07, 6.45) is 0. The van der Waals surface area contributed by atoms with E-state index in [4.69, 9.17) is 15.7 Å². The van der Waals surface area contributed by atoms with Gasteiger partial charge in [0.05, 0.1) is 5.92 Å². The van der Waals surface area contributed by atoms with Gasteiger partial charge in [-0.25, -0.2) is 0 Å². The van der Waals surface area contributed by atoms with Gasteiger partial charge in [-0.05, 0) is 36.7 Å². The Kier molecular flexibility index (Phi) is 2.03. The highest BCUT2D eigenvalue weighted by Crippen LogP contribution is 2.30. The third kappa shape index (κ3) is 1.96. The molecule has 2 N–H and O–H groups in total. The Balaban J connectivity index is 2.21. The first-order valence-corrected chi connectivity index (χ1v) is 6.09. The van der Waals surface area contributed by atoms with Crippen molar-refractivity contribution in [2.75, 3.05) is 0 Å². The van der Waals surface area contributed by atoms with Crippen LogP contribution < -0.4 is 0 Å². The molecule has 2 aromatic carbocycles. The lowest BCUT2D eigenvalue weighted by Crippen LogP contribution is -2.06. The van der Waals surface area contributed by atoms with Crippen LogP contribution in [0.3, 0.4) is 0 Å². The largest absolute Gasteiger partial charge is 0.481 e. The number of carboxylic acids is 1. The minimum Gasteiger partial charge on any atom is -0.481 e. The molecule has 0 bridgehead atoms. The molecule has 3 aromatic rings. The van der Waals surface area contributed by atoms with Crippen molar-refractivity contribution in [3.63, 3.8) is 0 Å². The number of hydrogen-bond donors (Lipinski definition) is 2. The number of fused-ring (bicyclic) bond motifs is 3. The van der Waals surface area contributed by atoms with Gasteiger partial charge in [-0.3, -0.25) is 4.79 Å². The van der Waals surface area contributed by atoms with Crippen LogP contribution in [0.4, 0.5) is 0 Å². The van der Waals surface area contributed by atoms with Gasteiger partial charge in [0, 0.05) is 30.9 Å². The average molecular weight is 277 g/mol. The van der Waals surface area contributed by atoms with Crippen molar-refractivity contribution in [1.82, 2.24) is 4.98 Å². The number of H-pyrrole nitrogens is 1. The monoisotopic (exact) mass is 276 g/mol. The quantitative estimate of drug-likeness (QED) is 0.738. The second-order valence-corrected chi connectivity index (χ2v) is 4.83. The molecule has 1 unspecified atom stereocenters. The molecule has 0 fully saturated rings. The zero-order chi connectivity index (χ0) is 16.1. The predicted octanol–water partition coefficient (Wildman–Crippen LogP) is 4.16. The molecule has 96 valence electrons. The van der Waals surface area contributed by atoms with E-state index in [1.165, 1.54) is 0 Å². The van der Waals surface area contributed by atoms with E-state index >= 15 is 0 Å². The fourth-order valence-electron chi connectivity index (χ4n) is 2.22. The molecular weight excluding hydrogens is 262 g/mol. The van der Waals surface area contributed by atoms with Gasteiger partial charge in [-0.1, -0.05) is 23.7 Å². The van der Waals surface area contributed by atoms with Crippen molar-refractivity contribution < 1.29 is 14.0 Å². The lowest BCUT2D eigenvalue weighted by atomic mass is 10.00. The molecule has 0 amide bonds. The second-order valence-electron chi connectivity index (χ2n) is 4.39. The lowest BCUT2D eigenvalue weighted by molar-refractivity contribution is -0.138. The number of benzene rings is 2. The molecule has 0 aliphatic carbocycles. The van der Waals surface area contributed by atoms with Crippen LogP contribution in [-0.2, 0) is 4.79 Å². The number of rotatable bonds is 2. The first kappa shape index (κ1) is 8.99. The summed E-state index contributed by atoms with van der Waals surface area (Å²) in [6.45, 7) is -2.60. The minimum atomic E-state index is -2.60. The Labute approximate surface area is 119 Å². The van der Waals surface area contributed by atoms with Crippen LogP contribution in [0.15, 0.2) is 36.4 Å². The van der Waals surface area contributed by atoms with Crippen molar-refractivity contribution in [3.8, 4) is 0 Å². The summed E-state index contributed by atoms with van der Waals surface area (Å²) >= 11 is 5.99. The maximum atomic E-state index is 11.3. The highest BCUT2D eigenvalue weighted by Gasteiger charge is 2.15. The highest BCUT2D eigenvalue weighted by atomic mass is 35.5. The van der Waals surface area contributed by atoms with E-state index in [0.717, 1.165) is 16.3 Å². The van der Waals surface area contributed by atoms with Gasteiger partial charge >= 0.3 is 5.97 Å². The fraction of sp³-hybridized carbons (Fsp3) is 0.133. The van der Waals surface area contributed by atoms with E-state index in [1.54, 1.807) is 24.3 Å². The third-order valence-corrected chi connectivity index (χ3v) is 3.40. The second kappa shape index (κ2) is 4.28. The van der Waals surface area contributed by atoms with Gasteiger partial charge in [0.2, 0.25) is 0 Å². The van der Waals surface area contributed by atoms with Crippen molar-refractivity contribution in [3.05, 3.63) is 47.0 Å². The molecule has 0 saturated heterocycles. The summed E-state index contributed by atoms with van der Waals surface area (Å²) in [5.74, 6) is -2.91. The standard InChI is InChI=1S/C15H12ClNO2/c1-8(15(18)19)9-2-4-11-12-7-10(16)3-5-13(12)17-14(11)6-9/h2-8,17H,1H3,(H,18,19)/i1D3. The van der Waals surface area contributed by atoms with Crippen molar-refractivity contribution in [2.45, 2.75) is 12.8 Å². The first-order valence-electron chi connectivity index (χ1n) is 7.21. The molecule has 3 nitrogen and oxygen atoms in total. The Morgan fingerprint density at radius 2 is 2.11 bits per heavy atom. The normalized spacial score (nSPS) is 15.9. The molecule has 0 spiro atoms. The summed E-state index contributed by atoms with van der Waals surface area (Å²) in [5.41, 5.74) is 1.79. The first-order chi connectivity index (χ1) is 10.3. The predicted molar refractivity (Wildman–Crippen MR) is 76.9 cm³/mol. The maximum Gasteiger partial charge on any atom is 0.310 e. The molecule has 0 radical (unpaired) electrons. The number of carbonyl (C=O) groups is 1. The van der Waals surface area contributed by atoms with Gasteiger partial charge in [0.1, 0.15) is 0 Å². The molecular formula is C15H12ClNO2. The zero-order valence-corrected chi connectivity index (χ0v) is 10.5. The Bertz CT molecular complexity index is 885. The van der Waals surface area contributed by atoms with Crippen LogP contribution in [0.5, 0.6) is 0 Å². The molecule has 1 aromatic heterocycles. The van der Waals surface area contributed by atoms with Gasteiger partial charge in [0.25, 0.3) is 0 Å². The fourth-order valence-corrected chi connectivity index (χ4v) is 2.39. The Morgan fingerprint density at radius 1 is 1.26 bits per heavy atom. The molecule has 4 heteroatoms. The van der Waals surface area contributed by atoms with Crippen LogP contribution in [0.2, 0.25) is 5.02 Å². The summed E-state index contributed by atoms with van der Waals surface area (Å²) in [7, 11) is 0. The van der Waals surface area contributed by atoms with E-state index in [-0.39, 0.29) is 5.56 Å². The van der Waals surface area contributed by atoms with E-state index in [1.807, 2.05) is 12.1 Å². The zero-order valence-electron chi connectivity index (χ0n) is 12.8. The van der Waals surface area contributed by atoms with Crippen molar-refractivity contribution in [2.24, 2.45) is 0 Å². The molecule has 19 heavy (non-hydrogen) atoms. The summed E-state index contributed by atoms with van der Waals surface area (Å²) in [4.78, 5) is 14.5. The van der Waals surface area contributed by atoms with Crippen LogP contribution >= 0.6 is 11.6 Å². The molecule has 3 rings (SSSR count). The number of aromatic nitrogens is 1. The topological polar surface area (TPSA) is 53.1 Å². The average Bonchev–Trinajstić information content (AvgIpc) is 2.73. The lowest BCUT2D eigenvalue weighted by Gasteiger charge is -2.06. The molecule has 0 aliphatic heterocycles. The van der Waals surface area contributed by atoms with E-state index in [0.29, 0.717) is 10.5 Å². The van der Waals surface area contributed by atoms with E-state index < -0.39 is 18.7 Å². The van der Waals surface area contributed by atoms with E-state index in [2.05, 4.69) is 4.98 Å². The molecule has 0 saturated carbocycles. The Morgan fingerprint density at radius 3 is 2.84 bits per heavy atom. The van der Waals surface area contributed by atoms with Gasteiger partial charge in [-0.2, -0.15) is 0 Å². The Hall–Kier alpha value is -2.00. The van der Waals surface area contributed by atoms with E-state index in [9.17, 15) is 9.90 Å². The number of halogens is 1. The van der Waals surface area contributed by atoms with Gasteiger partial charge in [-0.15, -0.1) is 0 Å². The van der Waals surface area contributed by atoms with Crippen LogP contribution in [-0.4, -0.2) is 16.1 Å². The van der Waals surface area contributed by atoms with Crippen molar-refractivity contribution >= 4 is 39.4 Å². The molecule has 1 heterocycles. The van der Waals surface area contributed by atoms with Crippen molar-refractivity contribution in [1.29, 1.82) is 0 Å². The SMILES string of the molecule is [2H]C([2H])([2H])C(C(=O)O)c1ccc2c(c1)[nH]c1ccc(Cl)cc12. The summed E-state index contributed by atoms with van der Waals surface area (Å²) < 4.78 is 22.3. The highest BCUT2D eigenvalue weighted by molar-refractivity contribution is 6.31. The smallest absolute Gasteiger partial charge is 0.310 e. The number of aliphatic carboxylic acids is 1. The molecule has 0 aliphatic rings. The molecule has 1 atom stereocenters. The van der Waals surface area contributed by atoms with Crippen LogP contribution in [0.25, 0.3) is 21.8 Å². The van der Waals surface area contributed by atoms with Crippen LogP contribution in [0, 0.1) is 0 Å². The maximum absolute atomic E-state index is 11.3.